The van der Waals surface area contributed by atoms with E-state index < -0.39 is 6.04 Å². The van der Waals surface area contributed by atoms with Crippen molar-refractivity contribution >= 4 is 45.7 Å². The molecule has 0 bridgehead atoms. The third-order valence-electron chi connectivity index (χ3n) is 5.89. The van der Waals surface area contributed by atoms with E-state index in [1.54, 1.807) is 4.90 Å². The van der Waals surface area contributed by atoms with Crippen LogP contribution in [0.1, 0.15) is 46.5 Å². The second kappa shape index (κ2) is 6.88. The number of carbonyl (C=O) groups is 2. The molecule has 1 aliphatic carbocycles. The molecule has 2 aliphatic rings. The quantitative estimate of drug-likeness (QED) is 0.729. The number of hydrogen-bond donors (Lipinski definition) is 2. The van der Waals surface area contributed by atoms with Crippen LogP contribution in [0.5, 0.6) is 0 Å². The first kappa shape index (κ1) is 18.9. The highest BCUT2D eigenvalue weighted by molar-refractivity contribution is 7.80. The number of thiocarbonyl (C=S) groups is 1. The van der Waals surface area contributed by atoms with Crippen LogP contribution in [-0.2, 0) is 9.59 Å². The number of carbonyl (C=O) groups excluding carboxylic acids is 2. The van der Waals surface area contributed by atoms with Gasteiger partial charge in [-0.05, 0) is 68.9 Å². The van der Waals surface area contributed by atoms with Crippen molar-refractivity contribution in [2.75, 3.05) is 5.32 Å². The number of anilines is 1. The number of fused-ring (bicyclic) bond motifs is 1. The fourth-order valence-electron chi connectivity index (χ4n) is 3.83. The number of amides is 2. The minimum atomic E-state index is -0.544. The van der Waals surface area contributed by atoms with Crippen LogP contribution in [0, 0.1) is 0 Å². The van der Waals surface area contributed by atoms with E-state index in [1.165, 1.54) is 0 Å². The van der Waals surface area contributed by atoms with Gasteiger partial charge >= 0.3 is 0 Å². The van der Waals surface area contributed by atoms with Gasteiger partial charge in [0.25, 0.3) is 5.91 Å². The number of rotatable bonds is 6. The molecule has 6 nitrogen and oxygen atoms in total. The molecule has 7 heteroatoms. The first-order valence-corrected chi connectivity index (χ1v) is 10.3. The molecule has 0 radical (unpaired) electrons. The summed E-state index contributed by atoms with van der Waals surface area (Å²) in [5.74, 6) is -0.217. The smallest absolute Gasteiger partial charge is 0.252 e. The Kier molecular flexibility index (Phi) is 4.65. The monoisotopic (exact) mass is 398 g/mol. The lowest BCUT2D eigenvalue weighted by molar-refractivity contribution is -0.131. The van der Waals surface area contributed by atoms with Crippen LogP contribution in [0.4, 0.5) is 5.69 Å². The molecule has 2 fully saturated rings. The van der Waals surface area contributed by atoms with Crippen molar-refractivity contribution in [3.05, 3.63) is 30.5 Å². The minimum absolute atomic E-state index is 0.0380. The Bertz CT molecular complexity index is 947. The zero-order valence-electron chi connectivity index (χ0n) is 16.5. The summed E-state index contributed by atoms with van der Waals surface area (Å²) in [6.45, 7) is 6.23. The van der Waals surface area contributed by atoms with E-state index in [9.17, 15) is 9.59 Å². The summed E-state index contributed by atoms with van der Waals surface area (Å²) in [6, 6.07) is 7.38. The van der Waals surface area contributed by atoms with Gasteiger partial charge in [0, 0.05) is 29.0 Å². The normalized spacial score (nSPS) is 20.3. The van der Waals surface area contributed by atoms with Crippen LogP contribution in [0.15, 0.2) is 30.5 Å². The fourth-order valence-corrected chi connectivity index (χ4v) is 4.44. The van der Waals surface area contributed by atoms with Gasteiger partial charge in [0.1, 0.15) is 6.04 Å². The molecule has 1 saturated heterocycles. The van der Waals surface area contributed by atoms with Gasteiger partial charge in [-0.25, -0.2) is 0 Å². The maximum absolute atomic E-state index is 13.1. The van der Waals surface area contributed by atoms with E-state index in [4.69, 9.17) is 12.2 Å². The van der Waals surface area contributed by atoms with Gasteiger partial charge in [0.05, 0.1) is 6.42 Å². The summed E-state index contributed by atoms with van der Waals surface area (Å²) < 4.78 is 0. The van der Waals surface area contributed by atoms with Crippen LogP contribution in [0.2, 0.25) is 0 Å². The number of benzene rings is 1. The van der Waals surface area contributed by atoms with Gasteiger partial charge in [-0.3, -0.25) is 14.5 Å². The van der Waals surface area contributed by atoms with Crippen LogP contribution >= 0.6 is 12.2 Å². The number of nitrogens with zero attached hydrogens (tertiary/aromatic N) is 2. The van der Waals surface area contributed by atoms with E-state index in [0.29, 0.717) is 10.8 Å². The lowest BCUT2D eigenvalue weighted by Crippen LogP contribution is -2.50. The highest BCUT2D eigenvalue weighted by Gasteiger charge is 2.52. The first-order valence-electron chi connectivity index (χ1n) is 9.85. The average Bonchev–Trinajstić information content (AvgIpc) is 3.30. The van der Waals surface area contributed by atoms with Crippen LogP contribution in [-0.4, -0.2) is 49.3 Å². The molecule has 2 N–H and O–H groups in total. The molecule has 1 atom stereocenters. The van der Waals surface area contributed by atoms with Crippen LogP contribution < -0.4 is 5.32 Å². The summed E-state index contributed by atoms with van der Waals surface area (Å²) in [7, 11) is 0. The molecule has 2 amide bonds. The molecule has 1 aromatic heterocycles. The van der Waals surface area contributed by atoms with Gasteiger partial charge in [0.15, 0.2) is 5.11 Å². The van der Waals surface area contributed by atoms with Gasteiger partial charge in [-0.1, -0.05) is 13.0 Å². The molecule has 0 spiro atoms. The topological polar surface area (TPSA) is 68.4 Å². The Balaban J connectivity index is 1.54. The van der Waals surface area contributed by atoms with Crippen molar-refractivity contribution in [1.29, 1.82) is 0 Å². The van der Waals surface area contributed by atoms with Gasteiger partial charge in [0.2, 0.25) is 5.91 Å². The van der Waals surface area contributed by atoms with Crippen LogP contribution in [0.3, 0.4) is 0 Å². The molecule has 1 aliphatic heterocycles. The van der Waals surface area contributed by atoms with E-state index in [1.807, 2.05) is 35.4 Å². The third kappa shape index (κ3) is 3.28. The van der Waals surface area contributed by atoms with Gasteiger partial charge < -0.3 is 15.2 Å². The third-order valence-corrected chi connectivity index (χ3v) is 6.29. The van der Waals surface area contributed by atoms with Crippen molar-refractivity contribution in [3.8, 4) is 0 Å². The van der Waals surface area contributed by atoms with Crippen molar-refractivity contribution in [3.63, 3.8) is 0 Å². The zero-order valence-corrected chi connectivity index (χ0v) is 17.3. The Morgan fingerprint density at radius 3 is 2.75 bits per heavy atom. The molecular weight excluding hydrogens is 372 g/mol. The highest BCUT2D eigenvalue weighted by Crippen LogP contribution is 2.38. The molecular formula is C21H26N4O2S. The summed E-state index contributed by atoms with van der Waals surface area (Å²) in [5, 5.41) is 4.60. The van der Waals surface area contributed by atoms with Gasteiger partial charge in [-0.15, -0.1) is 0 Å². The van der Waals surface area contributed by atoms with Crippen molar-refractivity contribution in [2.45, 2.75) is 64.1 Å². The average molecular weight is 399 g/mol. The fraction of sp³-hybridized carbons (Fsp3) is 0.476. The number of H-pyrrole nitrogens is 1. The lowest BCUT2D eigenvalue weighted by atomic mass is 9.97. The lowest BCUT2D eigenvalue weighted by Gasteiger charge is -2.39. The Labute approximate surface area is 170 Å². The van der Waals surface area contributed by atoms with E-state index in [-0.39, 0.29) is 29.8 Å². The molecule has 28 heavy (non-hydrogen) atoms. The predicted molar refractivity (Wildman–Crippen MR) is 114 cm³/mol. The summed E-state index contributed by atoms with van der Waals surface area (Å²) >= 11 is 5.67. The zero-order chi connectivity index (χ0) is 20.1. The molecule has 2 aromatic rings. The Morgan fingerprint density at radius 1 is 1.32 bits per heavy atom. The van der Waals surface area contributed by atoms with E-state index in [2.05, 4.69) is 31.1 Å². The summed E-state index contributed by atoms with van der Waals surface area (Å²) in [5.41, 5.74) is 1.39. The molecule has 1 aromatic carbocycles. The van der Waals surface area contributed by atoms with Gasteiger partial charge in [-0.2, -0.15) is 0 Å². The standard InChI is InChI=1S/C21H26N4O2S/c1-4-21(2,3)25-17(19(27)24(20(25)28)15-7-8-15)12-18(26)23-14-6-5-13-9-10-22-16(13)11-14/h5-6,9-11,15,17,22H,4,7-8,12H2,1-3H3,(H,23,26). The molecule has 2 heterocycles. The highest BCUT2D eigenvalue weighted by atomic mass is 32.1. The minimum Gasteiger partial charge on any atom is -0.361 e. The Morgan fingerprint density at radius 2 is 2.07 bits per heavy atom. The van der Waals surface area contributed by atoms with E-state index >= 15 is 0 Å². The molecule has 1 saturated carbocycles. The van der Waals surface area contributed by atoms with Crippen molar-refractivity contribution < 1.29 is 9.59 Å². The first-order chi connectivity index (χ1) is 13.3. The van der Waals surface area contributed by atoms with E-state index in [0.717, 1.165) is 30.2 Å². The summed E-state index contributed by atoms with van der Waals surface area (Å²) in [4.78, 5) is 32.8. The summed E-state index contributed by atoms with van der Waals surface area (Å²) in [6.07, 6.45) is 4.77. The number of nitrogens with one attached hydrogen (secondary N) is 2. The van der Waals surface area contributed by atoms with Crippen molar-refractivity contribution in [2.24, 2.45) is 0 Å². The molecule has 1 unspecified atom stereocenters. The maximum Gasteiger partial charge on any atom is 0.252 e. The number of hydrogen-bond acceptors (Lipinski definition) is 3. The largest absolute Gasteiger partial charge is 0.361 e. The molecule has 4 rings (SSSR count). The van der Waals surface area contributed by atoms with Crippen molar-refractivity contribution in [1.82, 2.24) is 14.8 Å². The second-order valence-electron chi connectivity index (χ2n) is 8.31. The molecule has 148 valence electrons. The Hall–Kier alpha value is -2.41. The number of aromatic nitrogens is 1. The second-order valence-corrected chi connectivity index (χ2v) is 8.67. The maximum atomic E-state index is 13.1. The predicted octanol–water partition coefficient (Wildman–Crippen LogP) is 3.65. The SMILES string of the molecule is CCC(C)(C)N1C(=S)N(C2CC2)C(=O)C1CC(=O)Nc1ccc2cc[nH]c2c1. The van der Waals surface area contributed by atoms with Crippen LogP contribution in [0.25, 0.3) is 10.9 Å². The number of aromatic amines is 1.